The van der Waals surface area contributed by atoms with Gasteiger partial charge in [0.1, 0.15) is 6.10 Å². The summed E-state index contributed by atoms with van der Waals surface area (Å²) in [4.78, 5) is 15.3. The van der Waals surface area contributed by atoms with Crippen LogP contribution in [0.25, 0.3) is 0 Å². The van der Waals surface area contributed by atoms with Crippen molar-refractivity contribution >= 4 is 5.97 Å². The number of carbonyl (C=O) groups is 1. The molecule has 0 N–H and O–H groups in total. The lowest BCUT2D eigenvalue weighted by Gasteiger charge is -2.15. The lowest BCUT2D eigenvalue weighted by atomic mass is 10.1. The van der Waals surface area contributed by atoms with E-state index in [1.165, 1.54) is 12.5 Å². The zero-order chi connectivity index (χ0) is 10.7. The number of aromatic nitrogens is 1. The number of hydrogen-bond donors (Lipinski definition) is 0. The third kappa shape index (κ3) is 2.35. The third-order valence-electron chi connectivity index (χ3n) is 2.70. The number of aryl methyl sites for hydroxylation is 1. The number of rotatable bonds is 1. The Morgan fingerprint density at radius 2 is 2.40 bits per heavy atom. The maximum Gasteiger partial charge on any atom is 0.303 e. The molecule has 1 heterocycles. The summed E-state index contributed by atoms with van der Waals surface area (Å²) in [7, 11) is 0. The van der Waals surface area contributed by atoms with Gasteiger partial charge in [-0.3, -0.25) is 9.78 Å². The van der Waals surface area contributed by atoms with E-state index in [0.29, 0.717) is 0 Å². The van der Waals surface area contributed by atoms with Gasteiger partial charge < -0.3 is 4.74 Å². The van der Waals surface area contributed by atoms with Crippen molar-refractivity contribution in [1.29, 1.82) is 0 Å². The molecule has 1 aliphatic rings. The van der Waals surface area contributed by atoms with Gasteiger partial charge in [-0.25, -0.2) is 0 Å². The zero-order valence-electron chi connectivity index (χ0n) is 8.90. The number of fused-ring (bicyclic) bond motifs is 1. The molecule has 0 fully saturated rings. The van der Waals surface area contributed by atoms with Crippen molar-refractivity contribution < 1.29 is 9.53 Å². The number of pyridine rings is 1. The van der Waals surface area contributed by atoms with Crippen molar-refractivity contribution in [2.75, 3.05) is 0 Å². The number of carbonyl (C=O) groups excluding carboxylic acids is 1. The number of esters is 1. The minimum absolute atomic E-state index is 0.138. The summed E-state index contributed by atoms with van der Waals surface area (Å²) in [6, 6.07) is 4.01. The first-order valence-electron chi connectivity index (χ1n) is 5.38. The summed E-state index contributed by atoms with van der Waals surface area (Å²) < 4.78 is 5.30. The van der Waals surface area contributed by atoms with Crippen LogP contribution < -0.4 is 0 Å². The van der Waals surface area contributed by atoms with Gasteiger partial charge in [-0.1, -0.05) is 6.07 Å². The topological polar surface area (TPSA) is 39.2 Å². The van der Waals surface area contributed by atoms with Crippen molar-refractivity contribution in [2.45, 2.75) is 38.7 Å². The molecule has 15 heavy (non-hydrogen) atoms. The second-order valence-electron chi connectivity index (χ2n) is 3.89. The quantitative estimate of drug-likeness (QED) is 0.522. The fourth-order valence-electron chi connectivity index (χ4n) is 2.05. The summed E-state index contributed by atoms with van der Waals surface area (Å²) >= 11 is 0. The Labute approximate surface area is 89.5 Å². The first kappa shape index (κ1) is 10.1. The molecule has 80 valence electrons. The molecule has 3 heteroatoms. The molecule has 1 aliphatic carbocycles. The van der Waals surface area contributed by atoms with Crippen LogP contribution in [-0.2, 0) is 16.0 Å². The van der Waals surface area contributed by atoms with E-state index in [2.05, 4.69) is 11.1 Å². The zero-order valence-corrected chi connectivity index (χ0v) is 8.90. The Kier molecular flexibility index (Phi) is 2.99. The highest BCUT2D eigenvalue weighted by Crippen LogP contribution is 2.29. The Morgan fingerprint density at radius 3 is 3.20 bits per heavy atom. The van der Waals surface area contributed by atoms with Gasteiger partial charge in [0, 0.05) is 13.1 Å². The van der Waals surface area contributed by atoms with Crippen LogP contribution in [0.15, 0.2) is 18.3 Å². The highest BCUT2D eigenvalue weighted by atomic mass is 16.5. The van der Waals surface area contributed by atoms with Gasteiger partial charge in [0.2, 0.25) is 0 Å². The van der Waals surface area contributed by atoms with E-state index in [1.54, 1.807) is 6.20 Å². The minimum Gasteiger partial charge on any atom is -0.456 e. The van der Waals surface area contributed by atoms with Gasteiger partial charge in [0.15, 0.2) is 0 Å². The molecule has 0 saturated carbocycles. The molecule has 0 aromatic carbocycles. The predicted molar refractivity (Wildman–Crippen MR) is 56.3 cm³/mol. The smallest absolute Gasteiger partial charge is 0.303 e. The maximum atomic E-state index is 11.0. The van der Waals surface area contributed by atoms with Gasteiger partial charge in [0.25, 0.3) is 0 Å². The van der Waals surface area contributed by atoms with Crippen LogP contribution in [0.3, 0.4) is 0 Å². The second kappa shape index (κ2) is 4.43. The van der Waals surface area contributed by atoms with E-state index in [-0.39, 0.29) is 12.1 Å². The van der Waals surface area contributed by atoms with Crippen molar-refractivity contribution in [2.24, 2.45) is 0 Å². The van der Waals surface area contributed by atoms with E-state index in [1.807, 2.05) is 6.07 Å². The van der Waals surface area contributed by atoms with Gasteiger partial charge in [-0.2, -0.15) is 0 Å². The predicted octanol–water partition coefficient (Wildman–Crippen LogP) is 2.41. The van der Waals surface area contributed by atoms with E-state index in [4.69, 9.17) is 4.74 Å². The summed E-state index contributed by atoms with van der Waals surface area (Å²) in [5, 5.41) is 0. The van der Waals surface area contributed by atoms with E-state index < -0.39 is 0 Å². The number of ether oxygens (including phenoxy) is 1. The summed E-state index contributed by atoms with van der Waals surface area (Å²) in [6.45, 7) is 1.45. The molecular formula is C12H15NO2. The van der Waals surface area contributed by atoms with Crippen LogP contribution in [0.4, 0.5) is 0 Å². The van der Waals surface area contributed by atoms with Gasteiger partial charge >= 0.3 is 5.97 Å². The van der Waals surface area contributed by atoms with Gasteiger partial charge in [-0.05, 0) is 37.3 Å². The SMILES string of the molecule is CC(=O)OC1CCCCc2cccnc21. The fraction of sp³-hybridized carbons (Fsp3) is 0.500. The summed E-state index contributed by atoms with van der Waals surface area (Å²) in [5.74, 6) is -0.224. The van der Waals surface area contributed by atoms with Crippen molar-refractivity contribution in [1.82, 2.24) is 4.98 Å². The molecule has 1 atom stereocenters. The van der Waals surface area contributed by atoms with Gasteiger partial charge in [0.05, 0.1) is 5.69 Å². The first-order valence-corrected chi connectivity index (χ1v) is 5.38. The molecule has 0 saturated heterocycles. The van der Waals surface area contributed by atoms with Crippen LogP contribution >= 0.6 is 0 Å². The van der Waals surface area contributed by atoms with Crippen LogP contribution in [0, 0.1) is 0 Å². The Hall–Kier alpha value is -1.38. The molecule has 2 rings (SSSR count). The van der Waals surface area contributed by atoms with Crippen molar-refractivity contribution in [3.05, 3.63) is 29.6 Å². The van der Waals surface area contributed by atoms with Crippen LogP contribution in [-0.4, -0.2) is 11.0 Å². The van der Waals surface area contributed by atoms with Crippen LogP contribution in [0.5, 0.6) is 0 Å². The Bertz CT molecular complexity index is 362. The molecule has 1 aromatic rings. The van der Waals surface area contributed by atoms with Crippen LogP contribution in [0.1, 0.15) is 43.5 Å². The molecule has 0 radical (unpaired) electrons. The molecule has 1 unspecified atom stereocenters. The minimum atomic E-state index is -0.224. The molecule has 1 aromatic heterocycles. The highest BCUT2D eigenvalue weighted by Gasteiger charge is 2.21. The average molecular weight is 205 g/mol. The standard InChI is InChI=1S/C12H15NO2/c1-9(14)15-11-7-3-2-5-10-6-4-8-13-12(10)11/h4,6,8,11H,2-3,5,7H2,1H3. The molecule has 0 aliphatic heterocycles. The summed E-state index contributed by atoms with van der Waals surface area (Å²) in [5.41, 5.74) is 2.17. The molecule has 0 amide bonds. The fourth-order valence-corrected chi connectivity index (χ4v) is 2.05. The monoisotopic (exact) mass is 205 g/mol. The Morgan fingerprint density at radius 1 is 1.53 bits per heavy atom. The van der Waals surface area contributed by atoms with Gasteiger partial charge in [-0.15, -0.1) is 0 Å². The molecule has 3 nitrogen and oxygen atoms in total. The van der Waals surface area contributed by atoms with E-state index in [0.717, 1.165) is 31.4 Å². The largest absolute Gasteiger partial charge is 0.456 e. The van der Waals surface area contributed by atoms with E-state index >= 15 is 0 Å². The highest BCUT2D eigenvalue weighted by molar-refractivity contribution is 5.66. The first-order chi connectivity index (χ1) is 7.27. The maximum absolute atomic E-state index is 11.0. The Balaban J connectivity index is 2.28. The lowest BCUT2D eigenvalue weighted by Crippen LogP contribution is -2.10. The number of hydrogen-bond acceptors (Lipinski definition) is 3. The van der Waals surface area contributed by atoms with Crippen molar-refractivity contribution in [3.8, 4) is 0 Å². The lowest BCUT2D eigenvalue weighted by molar-refractivity contribution is -0.147. The normalized spacial score (nSPS) is 20.2. The average Bonchev–Trinajstić information content (AvgIpc) is 2.41. The summed E-state index contributed by atoms with van der Waals surface area (Å²) in [6.07, 6.45) is 5.80. The molecular weight excluding hydrogens is 190 g/mol. The van der Waals surface area contributed by atoms with Crippen molar-refractivity contribution in [3.63, 3.8) is 0 Å². The van der Waals surface area contributed by atoms with E-state index in [9.17, 15) is 4.79 Å². The molecule has 0 bridgehead atoms. The third-order valence-corrected chi connectivity index (χ3v) is 2.70. The second-order valence-corrected chi connectivity index (χ2v) is 3.89. The van der Waals surface area contributed by atoms with Crippen LogP contribution in [0.2, 0.25) is 0 Å². The molecule has 0 spiro atoms. The number of nitrogens with zero attached hydrogens (tertiary/aromatic N) is 1.